The fourth-order valence-corrected chi connectivity index (χ4v) is 2.47. The van der Waals surface area contributed by atoms with Gasteiger partial charge in [-0.15, -0.1) is 0 Å². The van der Waals surface area contributed by atoms with Crippen molar-refractivity contribution >= 4 is 39.8 Å². The Bertz CT molecular complexity index is 830. The zero-order valence-electron chi connectivity index (χ0n) is 12.9. The van der Waals surface area contributed by atoms with Gasteiger partial charge in [-0.2, -0.15) is 0 Å². The number of hydrogen-bond acceptors (Lipinski definition) is 7. The number of anilines is 1. The number of nitrogens with two attached hydrogens (primary N) is 1. The molecule has 0 saturated heterocycles. The Morgan fingerprint density at radius 1 is 1.20 bits per heavy atom. The third kappa shape index (κ3) is 4.61. The van der Waals surface area contributed by atoms with E-state index in [1.165, 1.54) is 43.3 Å². The lowest BCUT2D eigenvalue weighted by molar-refractivity contribution is -0.380. The smallest absolute Gasteiger partial charge is 0.349 e. The maximum Gasteiger partial charge on any atom is 0.349 e. The van der Waals surface area contributed by atoms with Crippen LogP contribution in [-0.4, -0.2) is 28.8 Å². The molecule has 0 fully saturated rings. The summed E-state index contributed by atoms with van der Waals surface area (Å²) in [4.78, 5) is 44.9. The summed E-state index contributed by atoms with van der Waals surface area (Å²) in [6.07, 6.45) is -1.12. The van der Waals surface area contributed by atoms with E-state index in [1.54, 1.807) is 0 Å². The quantitative estimate of drug-likeness (QED) is 0.456. The number of nitro groups is 1. The van der Waals surface area contributed by atoms with Crippen molar-refractivity contribution < 1.29 is 24.0 Å². The molecule has 9 nitrogen and oxygen atoms in total. The first-order chi connectivity index (χ1) is 11.8. The average molecular weight is 363 g/mol. The van der Waals surface area contributed by atoms with Crippen LogP contribution in [0, 0.1) is 10.1 Å². The van der Waals surface area contributed by atoms with Gasteiger partial charge in [0.05, 0.1) is 4.92 Å². The minimum atomic E-state index is -1.12. The molecule has 1 atom stereocenters. The Kier molecular flexibility index (Phi) is 5.45. The minimum absolute atomic E-state index is 0.0251. The SMILES string of the molecule is C[C@H](OC(=O)c1ccc([N+](=O)[O-])s1)C(=O)Nc1ccc(C(N)=O)cc1. The number of carbonyl (C=O) groups is 3. The molecule has 130 valence electrons. The van der Waals surface area contributed by atoms with E-state index in [0.29, 0.717) is 17.0 Å². The van der Waals surface area contributed by atoms with E-state index in [-0.39, 0.29) is 15.4 Å². The first-order valence-electron chi connectivity index (χ1n) is 6.94. The van der Waals surface area contributed by atoms with Gasteiger partial charge in [-0.05, 0) is 37.3 Å². The molecule has 0 spiro atoms. The summed E-state index contributed by atoms with van der Waals surface area (Å²) in [7, 11) is 0. The van der Waals surface area contributed by atoms with E-state index < -0.39 is 28.8 Å². The molecular weight excluding hydrogens is 350 g/mol. The molecule has 2 rings (SSSR count). The fourth-order valence-electron chi connectivity index (χ4n) is 1.77. The van der Waals surface area contributed by atoms with Crippen LogP contribution in [0.1, 0.15) is 27.0 Å². The van der Waals surface area contributed by atoms with Crippen molar-refractivity contribution in [1.29, 1.82) is 0 Å². The van der Waals surface area contributed by atoms with Crippen molar-refractivity contribution in [3.8, 4) is 0 Å². The van der Waals surface area contributed by atoms with Crippen molar-refractivity contribution in [3.05, 3.63) is 57.0 Å². The zero-order valence-corrected chi connectivity index (χ0v) is 13.7. The molecule has 0 unspecified atom stereocenters. The summed E-state index contributed by atoms with van der Waals surface area (Å²) >= 11 is 0.662. The molecule has 2 aromatic rings. The number of hydrogen-bond donors (Lipinski definition) is 2. The van der Waals surface area contributed by atoms with Crippen LogP contribution in [0.3, 0.4) is 0 Å². The number of carbonyl (C=O) groups excluding carboxylic acids is 3. The van der Waals surface area contributed by atoms with E-state index in [4.69, 9.17) is 10.5 Å². The van der Waals surface area contributed by atoms with Crippen molar-refractivity contribution in [2.75, 3.05) is 5.32 Å². The minimum Gasteiger partial charge on any atom is -0.448 e. The number of thiophene rings is 1. The number of rotatable bonds is 6. The molecule has 0 bridgehead atoms. The van der Waals surface area contributed by atoms with Crippen molar-refractivity contribution in [1.82, 2.24) is 0 Å². The summed E-state index contributed by atoms with van der Waals surface area (Å²) in [5.74, 6) is -2.01. The lowest BCUT2D eigenvalue weighted by atomic mass is 10.2. The molecule has 0 saturated carbocycles. The normalized spacial score (nSPS) is 11.4. The van der Waals surface area contributed by atoms with E-state index >= 15 is 0 Å². The lowest BCUT2D eigenvalue weighted by Gasteiger charge is -2.13. The van der Waals surface area contributed by atoms with Gasteiger partial charge in [-0.25, -0.2) is 4.79 Å². The van der Waals surface area contributed by atoms with Crippen LogP contribution in [0.2, 0.25) is 0 Å². The van der Waals surface area contributed by atoms with E-state index in [9.17, 15) is 24.5 Å². The highest BCUT2D eigenvalue weighted by Crippen LogP contribution is 2.24. The van der Waals surface area contributed by atoms with Gasteiger partial charge in [0.15, 0.2) is 6.10 Å². The van der Waals surface area contributed by atoms with Crippen LogP contribution in [0.4, 0.5) is 10.7 Å². The van der Waals surface area contributed by atoms with Crippen molar-refractivity contribution in [3.63, 3.8) is 0 Å². The molecule has 0 aliphatic carbocycles. The summed E-state index contributed by atoms with van der Waals surface area (Å²) < 4.78 is 4.99. The molecule has 25 heavy (non-hydrogen) atoms. The van der Waals surface area contributed by atoms with E-state index in [1.807, 2.05) is 0 Å². The second-order valence-corrected chi connectivity index (χ2v) is 5.94. The molecule has 1 aromatic heterocycles. The number of esters is 1. The van der Waals surface area contributed by atoms with Gasteiger partial charge in [0.25, 0.3) is 5.91 Å². The molecular formula is C15H13N3O6S. The number of primary amides is 1. The van der Waals surface area contributed by atoms with Crippen LogP contribution >= 0.6 is 11.3 Å². The van der Waals surface area contributed by atoms with Crippen molar-refractivity contribution in [2.24, 2.45) is 5.73 Å². The third-order valence-electron chi connectivity index (χ3n) is 3.06. The maximum atomic E-state index is 12.0. The lowest BCUT2D eigenvalue weighted by Crippen LogP contribution is -2.29. The Morgan fingerprint density at radius 3 is 2.36 bits per heavy atom. The Morgan fingerprint density at radius 2 is 1.84 bits per heavy atom. The number of nitrogens with zero attached hydrogens (tertiary/aromatic N) is 1. The van der Waals surface area contributed by atoms with Crippen LogP contribution in [0.25, 0.3) is 0 Å². The third-order valence-corrected chi connectivity index (χ3v) is 4.08. The summed E-state index contributed by atoms with van der Waals surface area (Å²) in [5, 5.41) is 12.9. The van der Waals surface area contributed by atoms with Gasteiger partial charge in [0.2, 0.25) is 5.91 Å². The first-order valence-corrected chi connectivity index (χ1v) is 7.75. The van der Waals surface area contributed by atoms with Crippen LogP contribution in [0.5, 0.6) is 0 Å². The molecule has 1 heterocycles. The molecule has 10 heteroatoms. The van der Waals surface area contributed by atoms with E-state index in [0.717, 1.165) is 0 Å². The van der Waals surface area contributed by atoms with Crippen molar-refractivity contribution in [2.45, 2.75) is 13.0 Å². The monoisotopic (exact) mass is 363 g/mol. The van der Waals surface area contributed by atoms with Gasteiger partial charge in [0, 0.05) is 17.3 Å². The number of nitrogens with one attached hydrogen (secondary N) is 1. The maximum absolute atomic E-state index is 12.0. The molecule has 3 N–H and O–H groups in total. The predicted octanol–water partition coefficient (Wildman–Crippen LogP) is 1.94. The summed E-state index contributed by atoms with van der Waals surface area (Å²) in [6, 6.07) is 8.30. The van der Waals surface area contributed by atoms with Gasteiger partial charge >= 0.3 is 11.0 Å². The zero-order chi connectivity index (χ0) is 18.6. The largest absolute Gasteiger partial charge is 0.448 e. The number of ether oxygens (including phenoxy) is 1. The second kappa shape index (κ2) is 7.53. The number of amides is 2. The number of benzene rings is 1. The average Bonchev–Trinajstić information content (AvgIpc) is 3.05. The van der Waals surface area contributed by atoms with Crippen LogP contribution in [-0.2, 0) is 9.53 Å². The highest BCUT2D eigenvalue weighted by molar-refractivity contribution is 7.17. The predicted molar refractivity (Wildman–Crippen MR) is 89.4 cm³/mol. The highest BCUT2D eigenvalue weighted by Gasteiger charge is 2.22. The summed E-state index contributed by atoms with van der Waals surface area (Å²) in [5.41, 5.74) is 5.80. The first kappa shape index (κ1) is 18.1. The summed E-state index contributed by atoms with van der Waals surface area (Å²) in [6.45, 7) is 1.37. The molecule has 1 aromatic carbocycles. The Hall–Kier alpha value is -3.27. The van der Waals surface area contributed by atoms with Gasteiger partial charge in [-0.3, -0.25) is 19.7 Å². The second-order valence-electron chi connectivity index (χ2n) is 4.87. The fraction of sp³-hybridized carbons (Fsp3) is 0.133. The molecule has 0 aliphatic rings. The Balaban J connectivity index is 1.95. The van der Waals surface area contributed by atoms with Crippen LogP contribution in [0.15, 0.2) is 36.4 Å². The van der Waals surface area contributed by atoms with E-state index in [2.05, 4.69) is 5.32 Å². The highest BCUT2D eigenvalue weighted by atomic mass is 32.1. The molecule has 0 aliphatic heterocycles. The topological polar surface area (TPSA) is 142 Å². The van der Waals surface area contributed by atoms with Crippen LogP contribution < -0.4 is 11.1 Å². The van der Waals surface area contributed by atoms with Gasteiger partial charge in [-0.1, -0.05) is 11.3 Å². The van der Waals surface area contributed by atoms with Gasteiger partial charge < -0.3 is 15.8 Å². The standard InChI is InChI=1S/C15H13N3O6S/c1-8(24-15(21)11-6-7-12(25-11)18(22)23)14(20)17-10-4-2-9(3-5-10)13(16)19/h2-8H,1H3,(H2,16,19)(H,17,20)/t8-/m0/s1. The molecule has 2 amide bonds. The molecule has 0 radical (unpaired) electrons. The Labute approximate surface area is 145 Å². The van der Waals surface area contributed by atoms with Gasteiger partial charge in [0.1, 0.15) is 4.88 Å².